The molecule has 51 heavy (non-hydrogen) atoms. The molecule has 262 valence electrons. The molecule has 0 bridgehead atoms. The first kappa shape index (κ1) is 34.4. The molecule has 1 saturated heterocycles. The van der Waals surface area contributed by atoms with Crippen molar-refractivity contribution in [2.24, 2.45) is 0 Å². The molecule has 6 atom stereocenters. The van der Waals surface area contributed by atoms with Gasteiger partial charge in [0.2, 0.25) is 0 Å². The molecule has 4 aromatic carbocycles. The number of benzene rings is 4. The lowest BCUT2D eigenvalue weighted by Gasteiger charge is -2.35. The van der Waals surface area contributed by atoms with Crippen molar-refractivity contribution >= 4 is 17.0 Å². The van der Waals surface area contributed by atoms with E-state index in [0.717, 1.165) is 22.3 Å². The molecule has 11 heteroatoms. The molecule has 0 spiro atoms. The van der Waals surface area contributed by atoms with Gasteiger partial charge < -0.3 is 34.5 Å². The lowest BCUT2D eigenvalue weighted by atomic mass is 9.99. The number of nitrogens with two attached hydrogens (primary N) is 1. The van der Waals surface area contributed by atoms with Crippen LogP contribution in [0.2, 0.25) is 0 Å². The number of fused-ring (bicyclic) bond motifs is 1. The van der Waals surface area contributed by atoms with Gasteiger partial charge in [-0.15, -0.1) is 0 Å². The molecule has 7 rings (SSSR count). The molecule has 0 unspecified atom stereocenters. The molecule has 1 fully saturated rings. The van der Waals surface area contributed by atoms with Gasteiger partial charge in [0, 0.05) is 0 Å². The number of aliphatic hydroxyl groups excluding tert-OH is 1. The second-order valence-electron chi connectivity index (χ2n) is 12.4. The number of hydrogen-bond acceptors (Lipinski definition) is 10. The van der Waals surface area contributed by atoms with Crippen molar-refractivity contribution in [3.63, 3.8) is 0 Å². The number of imidazole rings is 1. The van der Waals surface area contributed by atoms with Gasteiger partial charge in [0.25, 0.3) is 0 Å². The van der Waals surface area contributed by atoms with E-state index in [2.05, 4.69) is 15.0 Å². The van der Waals surface area contributed by atoms with Gasteiger partial charge in [0.15, 0.2) is 17.7 Å². The van der Waals surface area contributed by atoms with Crippen LogP contribution < -0.4 is 5.73 Å². The second kappa shape index (κ2) is 16.8. The highest BCUT2D eigenvalue weighted by Gasteiger charge is 2.49. The maximum Gasteiger partial charge on any atom is 0.167 e. The van der Waals surface area contributed by atoms with E-state index in [1.165, 1.54) is 6.33 Å². The van der Waals surface area contributed by atoms with Crippen LogP contribution in [0, 0.1) is 0 Å². The van der Waals surface area contributed by atoms with E-state index in [0.29, 0.717) is 17.8 Å². The molecule has 1 aliphatic heterocycles. The average Bonchev–Trinajstić information content (AvgIpc) is 3.58. The third-order valence-corrected chi connectivity index (χ3v) is 8.87. The molecule has 3 N–H and O–H groups in total. The lowest BCUT2D eigenvalue weighted by Crippen LogP contribution is -2.51. The summed E-state index contributed by atoms with van der Waals surface area (Å²) in [5.74, 6) is 0.217. The highest BCUT2D eigenvalue weighted by molar-refractivity contribution is 5.81. The zero-order valence-corrected chi connectivity index (χ0v) is 28.1. The van der Waals surface area contributed by atoms with Crippen molar-refractivity contribution in [3.05, 3.63) is 156 Å². The lowest BCUT2D eigenvalue weighted by molar-refractivity contribution is -0.185. The smallest absolute Gasteiger partial charge is 0.167 e. The first-order valence-corrected chi connectivity index (χ1v) is 17.0. The molecular weight excluding hydrogens is 646 g/mol. The van der Waals surface area contributed by atoms with Crippen LogP contribution >= 0.6 is 0 Å². The SMILES string of the molecule is Nc1ncnc2c1ncn2[C@@H]1O[C@H](COCc2ccccc2)[C@@H](OCc2ccccc2)[C@H](OCc2ccccc2)[C@@H](OCc2ccccc2)[C@H]1O. The molecule has 0 amide bonds. The third-order valence-electron chi connectivity index (χ3n) is 8.87. The van der Waals surface area contributed by atoms with Crippen LogP contribution in [0.15, 0.2) is 134 Å². The summed E-state index contributed by atoms with van der Waals surface area (Å²) >= 11 is 0. The van der Waals surface area contributed by atoms with Crippen LogP contribution in [-0.4, -0.2) is 61.8 Å². The normalized spacial score (nSPS) is 22.1. The molecule has 0 aliphatic carbocycles. The minimum absolute atomic E-state index is 0.123. The Morgan fingerprint density at radius 1 is 0.608 bits per heavy atom. The Morgan fingerprint density at radius 2 is 1.10 bits per heavy atom. The molecule has 11 nitrogen and oxygen atoms in total. The van der Waals surface area contributed by atoms with E-state index < -0.39 is 36.7 Å². The van der Waals surface area contributed by atoms with Crippen LogP contribution in [0.25, 0.3) is 11.2 Å². The van der Waals surface area contributed by atoms with Gasteiger partial charge in [-0.25, -0.2) is 15.0 Å². The van der Waals surface area contributed by atoms with Gasteiger partial charge in [0.1, 0.15) is 42.4 Å². The summed E-state index contributed by atoms with van der Waals surface area (Å²) in [6.07, 6.45) is -2.63. The molecule has 0 radical (unpaired) electrons. The van der Waals surface area contributed by atoms with Crippen molar-refractivity contribution < 1.29 is 28.8 Å². The highest BCUT2D eigenvalue weighted by Crippen LogP contribution is 2.35. The van der Waals surface area contributed by atoms with E-state index in [-0.39, 0.29) is 32.2 Å². The topological polar surface area (TPSA) is 136 Å². The van der Waals surface area contributed by atoms with Crippen molar-refractivity contribution in [2.75, 3.05) is 12.3 Å². The number of hydrogen-bond donors (Lipinski definition) is 2. The van der Waals surface area contributed by atoms with Crippen LogP contribution in [0.5, 0.6) is 0 Å². The van der Waals surface area contributed by atoms with E-state index in [9.17, 15) is 5.11 Å². The summed E-state index contributed by atoms with van der Waals surface area (Å²) in [5, 5.41) is 12.4. The zero-order valence-electron chi connectivity index (χ0n) is 28.1. The minimum Gasteiger partial charge on any atom is -0.386 e. The molecule has 2 aromatic heterocycles. The van der Waals surface area contributed by atoms with Gasteiger partial charge in [-0.3, -0.25) is 4.57 Å². The maximum atomic E-state index is 12.4. The fraction of sp³-hybridized carbons (Fsp3) is 0.275. The number of nitrogen functional groups attached to an aromatic ring is 1. The summed E-state index contributed by atoms with van der Waals surface area (Å²) in [6, 6.07) is 39.5. The number of ether oxygens (including phenoxy) is 5. The summed E-state index contributed by atoms with van der Waals surface area (Å²) in [4.78, 5) is 13.0. The fourth-order valence-electron chi connectivity index (χ4n) is 6.27. The number of anilines is 1. The van der Waals surface area contributed by atoms with Crippen LogP contribution in [0.3, 0.4) is 0 Å². The maximum absolute atomic E-state index is 12.4. The number of nitrogens with zero attached hydrogens (tertiary/aromatic N) is 4. The highest BCUT2D eigenvalue weighted by atomic mass is 16.6. The standard InChI is InChI=1S/C40H41N5O6/c41-38-33-39(43-26-42-38)45(27-44-33)40-34(46)36(49-23-30-17-9-3-10-18-30)37(50-24-31-19-11-4-12-20-31)35(48-22-29-15-7-2-8-16-29)32(51-40)25-47-21-28-13-5-1-6-14-28/h1-20,26-27,32,34-37,40,46H,21-25H2,(H2,41,42,43)/t32-,34-,35-,36+,37+,40-/m1/s1. The second-order valence-corrected chi connectivity index (χ2v) is 12.4. The molecule has 6 aromatic rings. The van der Waals surface area contributed by atoms with E-state index >= 15 is 0 Å². The largest absolute Gasteiger partial charge is 0.386 e. The number of aromatic nitrogens is 4. The van der Waals surface area contributed by atoms with Crippen LogP contribution in [-0.2, 0) is 50.1 Å². The minimum atomic E-state index is -1.27. The van der Waals surface area contributed by atoms with Crippen molar-refractivity contribution in [2.45, 2.75) is 63.2 Å². The van der Waals surface area contributed by atoms with Crippen molar-refractivity contribution in [3.8, 4) is 0 Å². The fourth-order valence-corrected chi connectivity index (χ4v) is 6.27. The molecular formula is C40H41N5O6. The third kappa shape index (κ3) is 8.49. The van der Waals surface area contributed by atoms with Crippen molar-refractivity contribution in [1.82, 2.24) is 19.5 Å². The van der Waals surface area contributed by atoms with Gasteiger partial charge in [-0.2, -0.15) is 0 Å². The van der Waals surface area contributed by atoms with Crippen LogP contribution in [0.4, 0.5) is 5.82 Å². The zero-order chi connectivity index (χ0) is 34.8. The Bertz CT molecular complexity index is 1930. The predicted octanol–water partition coefficient (Wildman–Crippen LogP) is 5.64. The summed E-state index contributed by atoms with van der Waals surface area (Å²) in [5.41, 5.74) is 10.9. The molecule has 3 heterocycles. The van der Waals surface area contributed by atoms with E-state index in [4.69, 9.17) is 29.4 Å². The molecule has 0 saturated carbocycles. The van der Waals surface area contributed by atoms with Gasteiger partial charge in [-0.1, -0.05) is 121 Å². The monoisotopic (exact) mass is 687 g/mol. The Kier molecular flexibility index (Phi) is 11.3. The average molecular weight is 688 g/mol. The van der Waals surface area contributed by atoms with E-state index in [1.807, 2.05) is 121 Å². The summed E-state index contributed by atoms with van der Waals surface area (Å²) < 4.78 is 35.1. The number of aliphatic hydroxyl groups is 1. The Balaban J connectivity index is 1.29. The Hall–Kier alpha value is -5.01. The summed E-state index contributed by atoms with van der Waals surface area (Å²) in [7, 11) is 0. The van der Waals surface area contributed by atoms with Crippen molar-refractivity contribution in [1.29, 1.82) is 0 Å². The summed E-state index contributed by atoms with van der Waals surface area (Å²) in [6.45, 7) is 1.19. The van der Waals surface area contributed by atoms with Gasteiger partial charge >= 0.3 is 0 Å². The van der Waals surface area contributed by atoms with Crippen LogP contribution in [0.1, 0.15) is 28.5 Å². The Labute approximate surface area is 296 Å². The predicted molar refractivity (Wildman–Crippen MR) is 191 cm³/mol. The first-order chi connectivity index (χ1) is 25.1. The van der Waals surface area contributed by atoms with Gasteiger partial charge in [0.05, 0.1) is 39.4 Å². The van der Waals surface area contributed by atoms with E-state index in [1.54, 1.807) is 10.9 Å². The first-order valence-electron chi connectivity index (χ1n) is 17.0. The molecule has 1 aliphatic rings. The van der Waals surface area contributed by atoms with Gasteiger partial charge in [-0.05, 0) is 22.3 Å². The quantitative estimate of drug-likeness (QED) is 0.148. The number of rotatable bonds is 14. The Morgan fingerprint density at radius 3 is 1.65 bits per heavy atom.